The van der Waals surface area contributed by atoms with Crippen LogP contribution < -0.4 is 5.32 Å². The van der Waals surface area contributed by atoms with Gasteiger partial charge in [-0.15, -0.1) is 0 Å². The standard InChI is InChI=1S/C10H19N/c1-2-3-4-5-10-6-9(10)7-11-8-10/h9,11H,2-8H2,1H3/t9?,10-/m1/s1. The van der Waals surface area contributed by atoms with E-state index in [1.165, 1.54) is 45.2 Å². The zero-order valence-electron chi connectivity index (χ0n) is 7.53. The lowest BCUT2D eigenvalue weighted by molar-refractivity contribution is 0.443. The van der Waals surface area contributed by atoms with Crippen LogP contribution in [0.25, 0.3) is 0 Å². The highest BCUT2D eigenvalue weighted by Gasteiger charge is 2.55. The minimum Gasteiger partial charge on any atom is -0.316 e. The van der Waals surface area contributed by atoms with Crippen LogP contribution in [0.5, 0.6) is 0 Å². The summed E-state index contributed by atoms with van der Waals surface area (Å²) in [5.41, 5.74) is 0.801. The second-order valence-electron chi connectivity index (χ2n) is 4.35. The van der Waals surface area contributed by atoms with Gasteiger partial charge in [-0.25, -0.2) is 0 Å². The number of hydrogen-bond acceptors (Lipinski definition) is 1. The van der Waals surface area contributed by atoms with E-state index >= 15 is 0 Å². The molecule has 11 heavy (non-hydrogen) atoms. The van der Waals surface area contributed by atoms with Gasteiger partial charge in [-0.05, 0) is 30.7 Å². The predicted molar refractivity (Wildman–Crippen MR) is 47.6 cm³/mol. The van der Waals surface area contributed by atoms with Crippen molar-refractivity contribution in [3.05, 3.63) is 0 Å². The van der Waals surface area contributed by atoms with E-state index < -0.39 is 0 Å². The summed E-state index contributed by atoms with van der Waals surface area (Å²) in [5.74, 6) is 1.07. The van der Waals surface area contributed by atoms with Gasteiger partial charge in [0, 0.05) is 6.54 Å². The number of hydrogen-bond donors (Lipinski definition) is 1. The average molecular weight is 153 g/mol. The predicted octanol–water partition coefficient (Wildman–Crippen LogP) is 2.18. The third kappa shape index (κ3) is 1.31. The third-order valence-corrected chi connectivity index (χ3v) is 3.50. The van der Waals surface area contributed by atoms with Gasteiger partial charge >= 0.3 is 0 Å². The zero-order valence-corrected chi connectivity index (χ0v) is 7.53. The van der Waals surface area contributed by atoms with Gasteiger partial charge in [0.05, 0.1) is 0 Å². The summed E-state index contributed by atoms with van der Waals surface area (Å²) in [6, 6.07) is 0. The summed E-state index contributed by atoms with van der Waals surface area (Å²) in [6.07, 6.45) is 7.31. The van der Waals surface area contributed by atoms with Crippen LogP contribution >= 0.6 is 0 Å². The highest BCUT2D eigenvalue weighted by atomic mass is 15.0. The van der Waals surface area contributed by atoms with Crippen molar-refractivity contribution in [1.82, 2.24) is 5.32 Å². The molecule has 64 valence electrons. The summed E-state index contributed by atoms with van der Waals surface area (Å²) < 4.78 is 0. The molecule has 2 fully saturated rings. The van der Waals surface area contributed by atoms with Crippen molar-refractivity contribution >= 4 is 0 Å². The van der Waals surface area contributed by atoms with Crippen LogP contribution in [0, 0.1) is 11.3 Å². The molecule has 1 nitrogen and oxygen atoms in total. The molecule has 1 saturated heterocycles. The molecular weight excluding hydrogens is 134 g/mol. The molecule has 1 unspecified atom stereocenters. The molecule has 0 spiro atoms. The SMILES string of the molecule is CCCCC[C@@]12CNCC1C2. The normalized spacial score (nSPS) is 40.6. The Labute approximate surface area is 69.6 Å². The Kier molecular flexibility index (Phi) is 1.92. The molecule has 1 saturated carbocycles. The van der Waals surface area contributed by atoms with Gasteiger partial charge in [0.2, 0.25) is 0 Å². The first-order chi connectivity index (χ1) is 5.37. The largest absolute Gasteiger partial charge is 0.316 e. The maximum Gasteiger partial charge on any atom is 0.00112 e. The van der Waals surface area contributed by atoms with Crippen LogP contribution in [0.1, 0.15) is 39.0 Å². The Morgan fingerprint density at radius 3 is 2.91 bits per heavy atom. The minimum absolute atomic E-state index is 0.801. The Balaban J connectivity index is 1.70. The Morgan fingerprint density at radius 1 is 1.45 bits per heavy atom. The number of rotatable bonds is 4. The molecule has 1 N–H and O–H groups in total. The van der Waals surface area contributed by atoms with Gasteiger partial charge in [-0.1, -0.05) is 26.2 Å². The van der Waals surface area contributed by atoms with Gasteiger partial charge in [0.15, 0.2) is 0 Å². The molecule has 0 radical (unpaired) electrons. The monoisotopic (exact) mass is 153 g/mol. The highest BCUT2D eigenvalue weighted by molar-refractivity contribution is 5.08. The summed E-state index contributed by atoms with van der Waals surface area (Å²) in [7, 11) is 0. The smallest absolute Gasteiger partial charge is 0.00112 e. The minimum atomic E-state index is 0.801. The van der Waals surface area contributed by atoms with Crippen LogP contribution in [-0.2, 0) is 0 Å². The molecule has 2 rings (SSSR count). The van der Waals surface area contributed by atoms with Gasteiger partial charge in [0.1, 0.15) is 0 Å². The quantitative estimate of drug-likeness (QED) is 0.610. The summed E-state index contributed by atoms with van der Waals surface area (Å²) in [4.78, 5) is 0. The lowest BCUT2D eigenvalue weighted by Gasteiger charge is -2.09. The van der Waals surface area contributed by atoms with Gasteiger partial charge in [0.25, 0.3) is 0 Å². The molecule has 0 aromatic rings. The third-order valence-electron chi connectivity index (χ3n) is 3.50. The van der Waals surface area contributed by atoms with E-state index in [1.54, 1.807) is 0 Å². The van der Waals surface area contributed by atoms with Crippen molar-refractivity contribution in [3.63, 3.8) is 0 Å². The molecule has 1 heteroatoms. The van der Waals surface area contributed by atoms with Crippen LogP contribution in [-0.4, -0.2) is 13.1 Å². The molecule has 0 aromatic heterocycles. The summed E-state index contributed by atoms with van der Waals surface area (Å²) >= 11 is 0. The second-order valence-corrected chi connectivity index (χ2v) is 4.35. The van der Waals surface area contributed by atoms with Crippen molar-refractivity contribution < 1.29 is 0 Å². The van der Waals surface area contributed by atoms with E-state index in [2.05, 4.69) is 12.2 Å². The van der Waals surface area contributed by atoms with Crippen LogP contribution in [0.4, 0.5) is 0 Å². The summed E-state index contributed by atoms with van der Waals surface area (Å²) in [6.45, 7) is 4.92. The number of nitrogens with one attached hydrogen (secondary N) is 1. The van der Waals surface area contributed by atoms with Gasteiger partial charge in [-0.2, -0.15) is 0 Å². The topological polar surface area (TPSA) is 12.0 Å². The van der Waals surface area contributed by atoms with Crippen LogP contribution in [0.3, 0.4) is 0 Å². The van der Waals surface area contributed by atoms with E-state index in [9.17, 15) is 0 Å². The number of unbranched alkanes of at least 4 members (excludes halogenated alkanes) is 2. The molecule has 1 aliphatic carbocycles. The second kappa shape index (κ2) is 2.78. The fourth-order valence-electron chi connectivity index (χ4n) is 2.55. The van der Waals surface area contributed by atoms with E-state index in [0.717, 1.165) is 11.3 Å². The molecule has 0 amide bonds. The maximum atomic E-state index is 3.49. The van der Waals surface area contributed by atoms with Gasteiger partial charge < -0.3 is 5.32 Å². The molecule has 0 aromatic carbocycles. The first kappa shape index (κ1) is 7.60. The van der Waals surface area contributed by atoms with Crippen LogP contribution in [0.2, 0.25) is 0 Å². The molecular formula is C10H19N. The molecule has 1 heterocycles. The van der Waals surface area contributed by atoms with Crippen LogP contribution in [0.15, 0.2) is 0 Å². The fraction of sp³-hybridized carbons (Fsp3) is 1.00. The first-order valence-electron chi connectivity index (χ1n) is 5.08. The van der Waals surface area contributed by atoms with E-state index in [4.69, 9.17) is 0 Å². The number of piperidine rings is 1. The summed E-state index contributed by atoms with van der Waals surface area (Å²) in [5, 5.41) is 3.49. The van der Waals surface area contributed by atoms with E-state index in [1.807, 2.05) is 0 Å². The highest BCUT2D eigenvalue weighted by Crippen LogP contribution is 2.58. The van der Waals surface area contributed by atoms with E-state index in [-0.39, 0.29) is 0 Å². The zero-order chi connectivity index (χ0) is 7.73. The fourth-order valence-corrected chi connectivity index (χ4v) is 2.55. The first-order valence-corrected chi connectivity index (χ1v) is 5.08. The molecule has 0 bridgehead atoms. The van der Waals surface area contributed by atoms with Crippen molar-refractivity contribution in [2.24, 2.45) is 11.3 Å². The lowest BCUT2D eigenvalue weighted by Crippen LogP contribution is -2.15. The van der Waals surface area contributed by atoms with Crippen molar-refractivity contribution in [2.75, 3.05) is 13.1 Å². The lowest BCUT2D eigenvalue weighted by atomic mass is 9.98. The Morgan fingerprint density at radius 2 is 2.36 bits per heavy atom. The van der Waals surface area contributed by atoms with E-state index in [0.29, 0.717) is 0 Å². The molecule has 2 atom stereocenters. The Hall–Kier alpha value is -0.0400. The van der Waals surface area contributed by atoms with Gasteiger partial charge in [-0.3, -0.25) is 0 Å². The molecule has 2 aliphatic rings. The van der Waals surface area contributed by atoms with Crippen molar-refractivity contribution in [2.45, 2.75) is 39.0 Å². The van der Waals surface area contributed by atoms with Crippen molar-refractivity contribution in [1.29, 1.82) is 0 Å². The molecule has 1 aliphatic heterocycles. The Bertz CT molecular complexity index is 144. The van der Waals surface area contributed by atoms with Crippen molar-refractivity contribution in [3.8, 4) is 0 Å². The number of fused-ring (bicyclic) bond motifs is 1. The maximum absolute atomic E-state index is 3.49. The average Bonchev–Trinajstić information content (AvgIpc) is 2.55.